The highest BCUT2D eigenvalue weighted by molar-refractivity contribution is 7.10. The van der Waals surface area contributed by atoms with Gasteiger partial charge in [-0.2, -0.15) is 0 Å². The summed E-state index contributed by atoms with van der Waals surface area (Å²) in [6.07, 6.45) is 3.77. The fourth-order valence-corrected chi connectivity index (χ4v) is 2.66. The minimum Gasteiger partial charge on any atom is -0.493 e. The molecule has 0 saturated carbocycles. The Bertz CT molecular complexity index is 706. The second-order valence-corrected chi connectivity index (χ2v) is 6.05. The first-order valence-corrected chi connectivity index (χ1v) is 8.05. The average molecular weight is 333 g/mol. The Hall–Kier alpha value is -2.34. The van der Waals surface area contributed by atoms with Crippen LogP contribution < -0.4 is 9.47 Å². The Morgan fingerprint density at radius 2 is 2.13 bits per heavy atom. The fourth-order valence-electron chi connectivity index (χ4n) is 1.95. The van der Waals surface area contributed by atoms with Crippen LogP contribution in [-0.4, -0.2) is 29.3 Å². The molecule has 0 amide bonds. The van der Waals surface area contributed by atoms with E-state index in [9.17, 15) is 4.79 Å². The van der Waals surface area contributed by atoms with Gasteiger partial charge in [-0.15, -0.1) is 11.3 Å². The molecule has 23 heavy (non-hydrogen) atoms. The van der Waals surface area contributed by atoms with Crippen molar-refractivity contribution in [3.63, 3.8) is 0 Å². The van der Waals surface area contributed by atoms with Gasteiger partial charge in [0.1, 0.15) is 5.01 Å². The predicted molar refractivity (Wildman–Crippen MR) is 91.1 cm³/mol. The molecule has 2 rings (SSSR count). The Morgan fingerprint density at radius 3 is 2.78 bits per heavy atom. The Morgan fingerprint density at radius 1 is 1.35 bits per heavy atom. The molecule has 0 bridgehead atoms. The summed E-state index contributed by atoms with van der Waals surface area (Å²) in [6, 6.07) is 5.69. The Balaban J connectivity index is 2.15. The maximum absolute atomic E-state index is 10.7. The van der Waals surface area contributed by atoms with E-state index in [-0.39, 0.29) is 12.5 Å². The molecule has 0 fully saturated rings. The quantitative estimate of drug-likeness (QED) is 0.836. The topological polar surface area (TPSA) is 68.7 Å². The lowest BCUT2D eigenvalue weighted by Gasteiger charge is -2.13. The zero-order valence-corrected chi connectivity index (χ0v) is 14.1. The molecule has 5 nitrogen and oxygen atoms in total. The van der Waals surface area contributed by atoms with Crippen LogP contribution in [0.4, 0.5) is 0 Å². The number of hydrogen-bond acceptors (Lipinski definition) is 5. The number of methoxy groups -OCH3 is 1. The van der Waals surface area contributed by atoms with Gasteiger partial charge in [-0.05, 0) is 37.6 Å². The second kappa shape index (κ2) is 7.78. The van der Waals surface area contributed by atoms with Gasteiger partial charge < -0.3 is 14.6 Å². The molecule has 1 N–H and O–H groups in total. The number of hydrogen-bond donors (Lipinski definition) is 1. The normalized spacial score (nSPS) is 11.1. The largest absolute Gasteiger partial charge is 0.493 e. The number of carboxylic acid groups (broad SMARTS) is 1. The van der Waals surface area contributed by atoms with Crippen LogP contribution >= 0.6 is 11.3 Å². The number of benzene rings is 1. The average Bonchev–Trinajstić information content (AvgIpc) is 2.91. The summed E-state index contributed by atoms with van der Waals surface area (Å²) >= 11 is 1.42. The van der Waals surface area contributed by atoms with Crippen molar-refractivity contribution in [1.82, 2.24) is 4.98 Å². The molecule has 2 aromatic rings. The molecule has 0 unspecified atom stereocenters. The minimum atomic E-state index is -0.878. The fraction of sp³-hybridized carbons (Fsp3) is 0.294. The molecule has 0 saturated heterocycles. The minimum absolute atomic E-state index is 0.0562. The maximum Gasteiger partial charge on any atom is 0.309 e. The number of carbonyl (C=O) groups is 1. The van der Waals surface area contributed by atoms with Crippen molar-refractivity contribution in [2.75, 3.05) is 7.11 Å². The van der Waals surface area contributed by atoms with Crippen molar-refractivity contribution in [3.05, 3.63) is 39.8 Å². The number of aliphatic carboxylic acids is 1. The van der Waals surface area contributed by atoms with E-state index in [0.717, 1.165) is 10.6 Å². The summed E-state index contributed by atoms with van der Waals surface area (Å²) in [5, 5.41) is 11.3. The van der Waals surface area contributed by atoms with E-state index >= 15 is 0 Å². The van der Waals surface area contributed by atoms with Gasteiger partial charge in [0.2, 0.25) is 0 Å². The van der Waals surface area contributed by atoms with E-state index in [1.165, 1.54) is 11.3 Å². The molecule has 122 valence electrons. The van der Waals surface area contributed by atoms with Crippen LogP contribution in [-0.2, 0) is 11.2 Å². The van der Waals surface area contributed by atoms with E-state index in [0.29, 0.717) is 17.2 Å². The van der Waals surface area contributed by atoms with Crippen LogP contribution in [0.15, 0.2) is 23.6 Å². The summed E-state index contributed by atoms with van der Waals surface area (Å²) in [5.41, 5.74) is 1.53. The van der Waals surface area contributed by atoms with Crippen molar-refractivity contribution in [3.8, 4) is 11.5 Å². The highest BCUT2D eigenvalue weighted by atomic mass is 32.1. The smallest absolute Gasteiger partial charge is 0.309 e. The van der Waals surface area contributed by atoms with E-state index in [2.05, 4.69) is 4.98 Å². The van der Waals surface area contributed by atoms with E-state index in [4.69, 9.17) is 14.6 Å². The molecule has 1 aromatic heterocycles. The van der Waals surface area contributed by atoms with E-state index < -0.39 is 5.97 Å². The van der Waals surface area contributed by atoms with Gasteiger partial charge in [0.05, 0.1) is 25.3 Å². The third-order valence-electron chi connectivity index (χ3n) is 2.87. The summed E-state index contributed by atoms with van der Waals surface area (Å²) in [4.78, 5) is 14.9. The summed E-state index contributed by atoms with van der Waals surface area (Å²) in [7, 11) is 1.61. The second-order valence-electron chi connectivity index (χ2n) is 5.16. The highest BCUT2D eigenvalue weighted by Crippen LogP contribution is 2.29. The zero-order chi connectivity index (χ0) is 16.8. The van der Waals surface area contributed by atoms with Gasteiger partial charge in [-0.3, -0.25) is 4.79 Å². The Kier molecular flexibility index (Phi) is 5.76. The molecule has 0 atom stereocenters. The molecule has 0 aliphatic carbocycles. The van der Waals surface area contributed by atoms with Crippen LogP contribution in [0.5, 0.6) is 11.5 Å². The van der Waals surface area contributed by atoms with Gasteiger partial charge in [-0.1, -0.05) is 12.1 Å². The lowest BCUT2D eigenvalue weighted by Crippen LogP contribution is -2.06. The predicted octanol–water partition coefficient (Wildman–Crippen LogP) is 3.74. The Labute approximate surface area is 139 Å². The molecule has 1 heterocycles. The SMILES string of the molecule is COc1ccc(/C=C/c2nc(CC(=O)O)cs2)cc1OC(C)C. The summed E-state index contributed by atoms with van der Waals surface area (Å²) in [5.74, 6) is 0.501. The van der Waals surface area contributed by atoms with Gasteiger partial charge >= 0.3 is 5.97 Å². The number of thiazole rings is 1. The number of carboxylic acids is 1. The first-order chi connectivity index (χ1) is 11.0. The summed E-state index contributed by atoms with van der Waals surface area (Å²) < 4.78 is 11.0. The molecule has 6 heteroatoms. The summed E-state index contributed by atoms with van der Waals surface area (Å²) in [6.45, 7) is 3.92. The monoisotopic (exact) mass is 333 g/mol. The van der Waals surface area contributed by atoms with Gasteiger partial charge in [0.15, 0.2) is 11.5 Å². The van der Waals surface area contributed by atoms with Crippen LogP contribution in [0, 0.1) is 0 Å². The van der Waals surface area contributed by atoms with Crippen molar-refractivity contribution < 1.29 is 19.4 Å². The van der Waals surface area contributed by atoms with Crippen molar-refractivity contribution in [1.29, 1.82) is 0 Å². The lowest BCUT2D eigenvalue weighted by atomic mass is 10.2. The van der Waals surface area contributed by atoms with Crippen LogP contribution in [0.1, 0.15) is 30.1 Å². The number of nitrogens with zero attached hydrogens (tertiary/aromatic N) is 1. The van der Waals surface area contributed by atoms with Crippen molar-refractivity contribution in [2.24, 2.45) is 0 Å². The number of aromatic nitrogens is 1. The van der Waals surface area contributed by atoms with Gasteiger partial charge in [-0.25, -0.2) is 4.98 Å². The third kappa shape index (κ3) is 5.10. The zero-order valence-electron chi connectivity index (χ0n) is 13.3. The van der Waals surface area contributed by atoms with Gasteiger partial charge in [0.25, 0.3) is 0 Å². The molecular weight excluding hydrogens is 314 g/mol. The molecular formula is C17H19NO4S. The highest BCUT2D eigenvalue weighted by Gasteiger charge is 2.07. The molecule has 0 radical (unpaired) electrons. The molecule has 0 spiro atoms. The third-order valence-corrected chi connectivity index (χ3v) is 3.73. The standard InChI is InChI=1S/C17H19NO4S/c1-11(2)22-15-8-12(4-6-14(15)21-3)5-7-16-18-13(10-23-16)9-17(19)20/h4-8,10-11H,9H2,1-3H3,(H,19,20)/b7-5+. The van der Waals surface area contributed by atoms with E-state index in [1.54, 1.807) is 12.5 Å². The number of rotatable bonds is 7. The first kappa shape index (κ1) is 17.0. The molecule has 0 aliphatic heterocycles. The maximum atomic E-state index is 10.7. The number of ether oxygens (including phenoxy) is 2. The molecule has 1 aromatic carbocycles. The van der Waals surface area contributed by atoms with Crippen LogP contribution in [0.3, 0.4) is 0 Å². The van der Waals surface area contributed by atoms with Crippen molar-refractivity contribution >= 4 is 29.5 Å². The van der Waals surface area contributed by atoms with Gasteiger partial charge in [0, 0.05) is 5.38 Å². The lowest BCUT2D eigenvalue weighted by molar-refractivity contribution is -0.136. The molecule has 0 aliphatic rings. The van der Waals surface area contributed by atoms with Crippen LogP contribution in [0.2, 0.25) is 0 Å². The van der Waals surface area contributed by atoms with Crippen molar-refractivity contribution in [2.45, 2.75) is 26.4 Å². The van der Waals surface area contributed by atoms with Crippen LogP contribution in [0.25, 0.3) is 12.2 Å². The first-order valence-electron chi connectivity index (χ1n) is 7.17. The van der Waals surface area contributed by atoms with E-state index in [1.807, 2.05) is 44.2 Å².